The van der Waals surface area contributed by atoms with E-state index in [1.54, 1.807) is 0 Å². The number of hydrogen-bond donors (Lipinski definition) is 0. The summed E-state index contributed by atoms with van der Waals surface area (Å²) >= 11 is 5.78. The molecule has 3 rings (SSSR count). The van der Waals surface area contributed by atoms with Crippen molar-refractivity contribution in [1.82, 2.24) is 4.90 Å². The fraction of sp³-hybridized carbons (Fsp3) is 0.158. The minimum Gasteiger partial charge on any atom is -0.450 e. The lowest BCUT2D eigenvalue weighted by Crippen LogP contribution is -2.25. The topological polar surface area (TPSA) is 59.8 Å². The molecule has 0 aliphatic rings. The summed E-state index contributed by atoms with van der Waals surface area (Å²) in [5.41, 5.74) is -1.80. The molecule has 0 aliphatic carbocycles. The smallest absolute Gasteiger partial charge is 0.450 e. The van der Waals surface area contributed by atoms with Crippen molar-refractivity contribution in [2.45, 2.75) is 6.18 Å². The highest BCUT2D eigenvalue weighted by atomic mass is 35.5. The molecule has 5 nitrogen and oxygen atoms in total. The third-order valence-corrected chi connectivity index (χ3v) is 4.08. The maximum absolute atomic E-state index is 13.6. The van der Waals surface area contributed by atoms with Crippen LogP contribution in [0.2, 0.25) is 5.02 Å². The van der Waals surface area contributed by atoms with E-state index in [-0.39, 0.29) is 22.3 Å². The number of alkyl halides is 3. The number of nitrogens with zero attached hydrogens (tertiary/aromatic N) is 1. The first-order chi connectivity index (χ1) is 13.1. The van der Waals surface area contributed by atoms with Gasteiger partial charge in [-0.2, -0.15) is 13.2 Å². The van der Waals surface area contributed by atoms with Gasteiger partial charge in [0.2, 0.25) is 11.2 Å². The molecule has 1 aromatic heterocycles. The van der Waals surface area contributed by atoms with E-state index < -0.39 is 29.0 Å². The maximum atomic E-state index is 13.6. The lowest BCUT2D eigenvalue weighted by molar-refractivity contribution is -0.152. The Hall–Kier alpha value is -3.00. The highest BCUT2D eigenvalue weighted by Crippen LogP contribution is 2.38. The summed E-state index contributed by atoms with van der Waals surface area (Å²) in [6, 6.07) is 9.00. The quantitative estimate of drug-likeness (QED) is 0.582. The van der Waals surface area contributed by atoms with Crippen LogP contribution in [0.3, 0.4) is 0 Å². The van der Waals surface area contributed by atoms with Crippen LogP contribution in [0.1, 0.15) is 5.76 Å². The monoisotopic (exact) mass is 411 g/mol. The number of ether oxygens (including phenoxy) is 1. The highest BCUT2D eigenvalue weighted by Gasteiger charge is 2.39. The van der Waals surface area contributed by atoms with Gasteiger partial charge in [0.05, 0.1) is 10.9 Å². The molecule has 0 radical (unpaired) electrons. The van der Waals surface area contributed by atoms with Gasteiger partial charge in [-0.3, -0.25) is 4.79 Å². The first kappa shape index (κ1) is 19.8. The fourth-order valence-corrected chi connectivity index (χ4v) is 2.63. The lowest BCUT2D eigenvalue weighted by Gasteiger charge is -2.14. The van der Waals surface area contributed by atoms with Crippen molar-refractivity contribution >= 4 is 28.7 Å². The zero-order chi connectivity index (χ0) is 20.6. The molecule has 0 spiro atoms. The largest absolute Gasteiger partial charge is 0.450 e. The van der Waals surface area contributed by atoms with Crippen LogP contribution in [-0.4, -0.2) is 25.1 Å². The highest BCUT2D eigenvalue weighted by molar-refractivity contribution is 6.30. The Bertz CT molecular complexity index is 1110. The van der Waals surface area contributed by atoms with Gasteiger partial charge in [-0.1, -0.05) is 23.7 Å². The second kappa shape index (κ2) is 7.20. The summed E-state index contributed by atoms with van der Waals surface area (Å²) in [6.07, 6.45) is -5.64. The molecule has 0 fully saturated rings. The van der Waals surface area contributed by atoms with E-state index in [1.165, 1.54) is 50.5 Å². The summed E-state index contributed by atoms with van der Waals surface area (Å²) in [7, 11) is 2.90. The molecule has 3 aromatic rings. The molecular formula is C19H13ClF3NO4. The molecule has 1 amide bonds. The zero-order valence-corrected chi connectivity index (χ0v) is 15.4. The second-order valence-corrected chi connectivity index (χ2v) is 6.50. The van der Waals surface area contributed by atoms with Gasteiger partial charge < -0.3 is 14.1 Å². The number of carbonyl (C=O) groups excluding carboxylic acids is 1. The molecule has 0 saturated carbocycles. The molecule has 9 heteroatoms. The van der Waals surface area contributed by atoms with Crippen LogP contribution in [0.25, 0.3) is 22.1 Å². The lowest BCUT2D eigenvalue weighted by atomic mass is 10.0. The Labute approximate surface area is 161 Å². The molecule has 146 valence electrons. The SMILES string of the molecule is CN(C)C(=O)Oc1ccc2c(=O)c(-c3ccc(Cl)cc3)c(C(F)(F)F)oc2c1. The van der Waals surface area contributed by atoms with E-state index in [1.807, 2.05) is 0 Å². The van der Waals surface area contributed by atoms with E-state index in [2.05, 4.69) is 0 Å². The standard InChI is InChI=1S/C19H13ClF3NO4/c1-24(2)18(26)27-12-7-8-13-14(9-12)28-17(19(21,22)23)15(16(13)25)10-3-5-11(20)6-4-10/h3-9H,1-2H3. The number of benzene rings is 2. The van der Waals surface area contributed by atoms with Crippen LogP contribution >= 0.6 is 11.6 Å². The van der Waals surface area contributed by atoms with Crippen LogP contribution in [0.15, 0.2) is 51.7 Å². The molecule has 28 heavy (non-hydrogen) atoms. The van der Waals surface area contributed by atoms with Crippen LogP contribution in [-0.2, 0) is 6.18 Å². The number of carbonyl (C=O) groups is 1. The molecule has 0 N–H and O–H groups in total. The zero-order valence-electron chi connectivity index (χ0n) is 14.6. The predicted molar refractivity (Wildman–Crippen MR) is 97.6 cm³/mol. The van der Waals surface area contributed by atoms with E-state index in [0.717, 1.165) is 11.0 Å². The predicted octanol–water partition coefficient (Wildman–Crippen LogP) is 5.19. The van der Waals surface area contributed by atoms with Crippen LogP contribution in [0.4, 0.5) is 18.0 Å². The molecule has 0 bridgehead atoms. The average molecular weight is 412 g/mol. The fourth-order valence-electron chi connectivity index (χ4n) is 2.51. The first-order valence-corrected chi connectivity index (χ1v) is 8.29. The van der Waals surface area contributed by atoms with Crippen LogP contribution in [0.5, 0.6) is 5.75 Å². The van der Waals surface area contributed by atoms with Gasteiger partial charge >= 0.3 is 12.3 Å². The number of rotatable bonds is 2. The summed E-state index contributed by atoms with van der Waals surface area (Å²) in [5, 5.41) is 0.234. The first-order valence-electron chi connectivity index (χ1n) is 7.91. The number of fused-ring (bicyclic) bond motifs is 1. The second-order valence-electron chi connectivity index (χ2n) is 6.06. The maximum Gasteiger partial charge on any atom is 0.450 e. The van der Waals surface area contributed by atoms with Crippen molar-refractivity contribution in [3.8, 4) is 16.9 Å². The summed E-state index contributed by atoms with van der Waals surface area (Å²) in [6.45, 7) is 0. The summed E-state index contributed by atoms with van der Waals surface area (Å²) in [4.78, 5) is 25.6. The third-order valence-electron chi connectivity index (χ3n) is 3.82. The number of halogens is 4. The number of hydrogen-bond acceptors (Lipinski definition) is 4. The Morgan fingerprint density at radius 3 is 2.32 bits per heavy atom. The van der Waals surface area contributed by atoms with E-state index in [0.29, 0.717) is 5.02 Å². The van der Waals surface area contributed by atoms with Gasteiger partial charge in [0.1, 0.15) is 11.3 Å². The summed E-state index contributed by atoms with van der Waals surface area (Å²) < 4.78 is 50.8. The van der Waals surface area contributed by atoms with Gasteiger partial charge in [-0.25, -0.2) is 4.79 Å². The average Bonchev–Trinajstić information content (AvgIpc) is 2.61. The van der Waals surface area contributed by atoms with Crippen LogP contribution < -0.4 is 10.2 Å². The Morgan fingerprint density at radius 1 is 1.11 bits per heavy atom. The molecule has 0 saturated heterocycles. The van der Waals surface area contributed by atoms with Crippen molar-refractivity contribution in [2.24, 2.45) is 0 Å². The van der Waals surface area contributed by atoms with Crippen molar-refractivity contribution in [2.75, 3.05) is 14.1 Å². The normalized spacial score (nSPS) is 11.5. The van der Waals surface area contributed by atoms with Gasteiger partial charge in [-0.05, 0) is 29.8 Å². The van der Waals surface area contributed by atoms with Crippen LogP contribution in [0, 0.1) is 0 Å². The Morgan fingerprint density at radius 2 is 1.75 bits per heavy atom. The molecule has 2 aromatic carbocycles. The van der Waals surface area contributed by atoms with E-state index in [9.17, 15) is 22.8 Å². The van der Waals surface area contributed by atoms with Gasteiger partial charge in [-0.15, -0.1) is 0 Å². The number of amides is 1. The van der Waals surface area contributed by atoms with E-state index >= 15 is 0 Å². The van der Waals surface area contributed by atoms with Crippen molar-refractivity contribution in [1.29, 1.82) is 0 Å². The van der Waals surface area contributed by atoms with Crippen molar-refractivity contribution in [3.05, 3.63) is 63.5 Å². The van der Waals surface area contributed by atoms with Gasteiger partial charge in [0, 0.05) is 25.2 Å². The molecule has 0 atom stereocenters. The molecule has 0 unspecified atom stereocenters. The van der Waals surface area contributed by atoms with Gasteiger partial charge in [0.25, 0.3) is 0 Å². The Kier molecular flexibility index (Phi) is 5.08. The molecule has 0 aliphatic heterocycles. The van der Waals surface area contributed by atoms with Gasteiger partial charge in [0.15, 0.2) is 0 Å². The van der Waals surface area contributed by atoms with E-state index in [4.69, 9.17) is 20.8 Å². The molecule has 1 heterocycles. The minimum absolute atomic E-state index is 0.0236. The van der Waals surface area contributed by atoms with Crippen molar-refractivity contribution in [3.63, 3.8) is 0 Å². The third kappa shape index (κ3) is 3.82. The minimum atomic E-state index is -4.92. The Balaban J connectivity index is 2.24. The van der Waals surface area contributed by atoms with Crippen molar-refractivity contribution < 1.29 is 27.1 Å². The molecular weight excluding hydrogens is 399 g/mol. The summed E-state index contributed by atoms with van der Waals surface area (Å²) in [5.74, 6) is -1.50.